The molecular formula is C36H40N5O6+. The highest BCUT2D eigenvalue weighted by molar-refractivity contribution is 6.09. The van der Waals surface area contributed by atoms with Gasteiger partial charge in [0, 0.05) is 11.1 Å². The summed E-state index contributed by atoms with van der Waals surface area (Å²) in [4.78, 5) is 42.3. The van der Waals surface area contributed by atoms with Gasteiger partial charge in [0.2, 0.25) is 5.91 Å². The summed E-state index contributed by atoms with van der Waals surface area (Å²) in [6.07, 6.45) is 5.25. The Morgan fingerprint density at radius 2 is 1.49 bits per heavy atom. The van der Waals surface area contributed by atoms with Gasteiger partial charge in [-0.2, -0.15) is 0 Å². The Kier molecular flexibility index (Phi) is 10.9. The normalized spacial score (nSPS) is 17.9. The van der Waals surface area contributed by atoms with Crippen molar-refractivity contribution in [1.29, 1.82) is 0 Å². The van der Waals surface area contributed by atoms with Crippen LogP contribution in [-0.4, -0.2) is 62.7 Å². The van der Waals surface area contributed by atoms with E-state index < -0.39 is 29.9 Å². The maximum atomic E-state index is 13.4. The van der Waals surface area contributed by atoms with Crippen LogP contribution < -0.4 is 36.6 Å². The van der Waals surface area contributed by atoms with Crippen LogP contribution in [0.3, 0.4) is 0 Å². The predicted octanol–water partition coefficient (Wildman–Crippen LogP) is 2.04. The number of unbranched alkanes of at least 4 members (excludes halogenated alkanes) is 1. The van der Waals surface area contributed by atoms with Crippen LogP contribution in [0.4, 0.5) is 0 Å². The van der Waals surface area contributed by atoms with Gasteiger partial charge < -0.3 is 24.8 Å². The van der Waals surface area contributed by atoms with Crippen LogP contribution in [0.5, 0.6) is 11.5 Å². The zero-order chi connectivity index (χ0) is 33.2. The molecule has 0 saturated carbocycles. The third-order valence-electron chi connectivity index (χ3n) is 7.97. The summed E-state index contributed by atoms with van der Waals surface area (Å²) >= 11 is 0. The second-order valence-corrected chi connectivity index (χ2v) is 11.2. The molecule has 0 spiro atoms. The maximum absolute atomic E-state index is 13.4. The third kappa shape index (κ3) is 8.18. The van der Waals surface area contributed by atoms with Crippen LogP contribution in [0, 0.1) is 0 Å². The monoisotopic (exact) mass is 638 g/mol. The molecule has 0 unspecified atom stereocenters. The van der Waals surface area contributed by atoms with Crippen molar-refractivity contribution in [3.8, 4) is 22.6 Å². The molecule has 4 aromatic rings. The summed E-state index contributed by atoms with van der Waals surface area (Å²) in [5, 5.41) is 9.46. The van der Waals surface area contributed by atoms with Crippen molar-refractivity contribution in [2.75, 3.05) is 26.9 Å². The molecule has 0 aliphatic carbocycles. The first-order valence-corrected chi connectivity index (χ1v) is 15.6. The van der Waals surface area contributed by atoms with Gasteiger partial charge in [0.1, 0.15) is 30.2 Å². The van der Waals surface area contributed by atoms with E-state index in [4.69, 9.17) is 25.7 Å². The van der Waals surface area contributed by atoms with Crippen molar-refractivity contribution in [1.82, 2.24) is 10.6 Å². The number of hydrogen-bond acceptors (Lipinski definition) is 6. The zero-order valence-corrected chi connectivity index (χ0v) is 26.3. The molecule has 11 nitrogen and oxygen atoms in total. The number of carbonyl (C=O) groups excluding carboxylic acids is 3. The van der Waals surface area contributed by atoms with Crippen LogP contribution in [0.1, 0.15) is 25.7 Å². The van der Waals surface area contributed by atoms with E-state index in [1.165, 1.54) is 7.11 Å². The standard InChI is InChI=1S/C36H39N5O6/c1-45-35(44)28-15-7-9-21-46-29-18-16-23-10-2-4-12-25(23)32(29)33-26-13-5-3-11-24(26)17-19-30(33)47-22-31(42)40-27(34(43)41-28)14-6-8-20-39-36(37)38/h2-5,7,9-13,16-19,27-28H,6,8,14-15,20-22H2,1H3,(H,40,42)(H,41,43)(H4,37,38,39)/p+1/b9-7+/t27-,28+/m1/s1. The summed E-state index contributed by atoms with van der Waals surface area (Å²) in [5.74, 6) is -0.372. The Bertz CT molecular complexity index is 1820. The summed E-state index contributed by atoms with van der Waals surface area (Å²) in [7, 11) is 1.26. The second-order valence-electron chi connectivity index (χ2n) is 11.2. The van der Waals surface area contributed by atoms with Gasteiger partial charge in [0.25, 0.3) is 5.91 Å². The van der Waals surface area contributed by atoms with E-state index in [1.807, 2.05) is 72.8 Å². The third-order valence-corrected chi connectivity index (χ3v) is 7.97. The molecule has 1 aliphatic heterocycles. The minimum atomic E-state index is -0.963. The van der Waals surface area contributed by atoms with E-state index in [0.717, 1.165) is 32.7 Å². The van der Waals surface area contributed by atoms with Crippen molar-refractivity contribution in [2.24, 2.45) is 11.5 Å². The van der Waals surface area contributed by atoms with Crippen molar-refractivity contribution in [3.05, 3.63) is 84.9 Å². The lowest BCUT2D eigenvalue weighted by molar-refractivity contribution is -0.459. The quantitative estimate of drug-likeness (QED) is 0.0703. The van der Waals surface area contributed by atoms with Crippen molar-refractivity contribution < 1.29 is 33.6 Å². The molecule has 1 heterocycles. The number of amides is 2. The van der Waals surface area contributed by atoms with Gasteiger partial charge in [-0.05, 0) is 59.4 Å². The number of guanidine groups is 1. The second kappa shape index (κ2) is 15.6. The predicted molar refractivity (Wildman–Crippen MR) is 181 cm³/mol. The Labute approximate surface area is 272 Å². The number of benzene rings is 4. The molecule has 5 rings (SSSR count). The van der Waals surface area contributed by atoms with Crippen molar-refractivity contribution >= 4 is 45.3 Å². The summed E-state index contributed by atoms with van der Waals surface area (Å²) in [5.41, 5.74) is 12.6. The SMILES string of the molecule is COC(=O)[C@@H]1C/C=C/COc2ccc3ccccc3c2-c2c(ccc3ccccc23)OCC(=O)N[C@H](CCCC[NH+]=C(N)N)C(=O)N1. The van der Waals surface area contributed by atoms with E-state index in [2.05, 4.69) is 15.6 Å². The molecule has 4 aromatic carbocycles. The lowest BCUT2D eigenvalue weighted by Gasteiger charge is -2.22. The minimum absolute atomic E-state index is 0.108. The fraction of sp³-hybridized carbons (Fsp3) is 0.278. The highest BCUT2D eigenvalue weighted by atomic mass is 16.5. The maximum Gasteiger partial charge on any atom is 0.338 e. The van der Waals surface area contributed by atoms with Gasteiger partial charge in [-0.3, -0.25) is 26.0 Å². The van der Waals surface area contributed by atoms with Crippen LogP contribution in [0.2, 0.25) is 0 Å². The van der Waals surface area contributed by atoms with E-state index in [9.17, 15) is 14.4 Å². The first-order chi connectivity index (χ1) is 22.9. The number of nitrogens with two attached hydrogens (primary N) is 2. The van der Waals surface area contributed by atoms with E-state index in [-0.39, 0.29) is 25.6 Å². The smallest absolute Gasteiger partial charge is 0.338 e. The molecule has 7 N–H and O–H groups in total. The molecular weight excluding hydrogens is 598 g/mol. The van der Waals surface area contributed by atoms with Crippen LogP contribution in [0.15, 0.2) is 84.9 Å². The topological polar surface area (TPSA) is 169 Å². The van der Waals surface area contributed by atoms with Gasteiger partial charge in [0.05, 0.1) is 13.7 Å². The van der Waals surface area contributed by atoms with E-state index in [0.29, 0.717) is 37.3 Å². The molecule has 0 saturated heterocycles. The molecule has 11 heteroatoms. The molecule has 47 heavy (non-hydrogen) atoms. The van der Waals surface area contributed by atoms with E-state index in [1.54, 1.807) is 12.2 Å². The van der Waals surface area contributed by atoms with Crippen molar-refractivity contribution in [3.63, 3.8) is 0 Å². The molecule has 244 valence electrons. The number of methoxy groups -OCH3 is 1. The average molecular weight is 639 g/mol. The van der Waals surface area contributed by atoms with Gasteiger partial charge in [-0.15, -0.1) is 0 Å². The largest absolute Gasteiger partial charge is 0.489 e. The number of rotatable bonds is 6. The lowest BCUT2D eigenvalue weighted by atomic mass is 9.92. The van der Waals surface area contributed by atoms with Crippen molar-refractivity contribution in [2.45, 2.75) is 37.8 Å². The van der Waals surface area contributed by atoms with Gasteiger partial charge in [-0.25, -0.2) is 4.79 Å². The Balaban J connectivity index is 1.55. The first-order valence-electron chi connectivity index (χ1n) is 15.6. The number of hydrogen-bond donors (Lipinski definition) is 5. The molecule has 0 radical (unpaired) electrons. The number of carbonyl (C=O) groups is 3. The number of fused-ring (bicyclic) bond motifs is 7. The van der Waals surface area contributed by atoms with E-state index >= 15 is 0 Å². The Morgan fingerprint density at radius 1 is 0.851 bits per heavy atom. The molecule has 0 fully saturated rings. The Morgan fingerprint density at radius 3 is 2.13 bits per heavy atom. The van der Waals surface area contributed by atoms with Gasteiger partial charge in [0.15, 0.2) is 6.61 Å². The van der Waals surface area contributed by atoms with Gasteiger partial charge >= 0.3 is 11.9 Å². The first kappa shape index (κ1) is 32.8. The summed E-state index contributed by atoms with van der Waals surface area (Å²) < 4.78 is 17.5. The fourth-order valence-corrected chi connectivity index (χ4v) is 5.68. The van der Waals surface area contributed by atoms with Gasteiger partial charge in [-0.1, -0.05) is 72.8 Å². The van der Waals surface area contributed by atoms with Crippen LogP contribution in [-0.2, 0) is 19.1 Å². The molecule has 0 aromatic heterocycles. The lowest BCUT2D eigenvalue weighted by Crippen LogP contribution is -2.78. The Hall–Kier alpha value is -5.58. The number of ether oxygens (including phenoxy) is 3. The highest BCUT2D eigenvalue weighted by Gasteiger charge is 2.27. The molecule has 2 atom stereocenters. The summed E-state index contributed by atoms with van der Waals surface area (Å²) in [6, 6.07) is 21.8. The summed E-state index contributed by atoms with van der Waals surface area (Å²) in [6.45, 7) is 0.361. The molecule has 2 amide bonds. The number of nitrogens with one attached hydrogen (secondary N) is 3. The highest BCUT2D eigenvalue weighted by Crippen LogP contribution is 2.45. The van der Waals surface area contributed by atoms with Crippen LogP contribution in [0.25, 0.3) is 32.7 Å². The van der Waals surface area contributed by atoms with Crippen LogP contribution >= 0.6 is 0 Å². The minimum Gasteiger partial charge on any atom is -0.489 e. The number of esters is 1. The molecule has 1 aliphatic rings. The molecule has 0 bridgehead atoms. The fourth-order valence-electron chi connectivity index (χ4n) is 5.68. The average Bonchev–Trinajstić information content (AvgIpc) is 3.08. The zero-order valence-electron chi connectivity index (χ0n) is 26.3.